The highest BCUT2D eigenvalue weighted by molar-refractivity contribution is 6.02. The Morgan fingerprint density at radius 3 is 2.28 bits per heavy atom. The van der Waals surface area contributed by atoms with E-state index in [1.165, 1.54) is 22.3 Å². The molecule has 1 atom stereocenters. The molecular weight excluding hydrogens is 308 g/mol. The van der Waals surface area contributed by atoms with Gasteiger partial charge in [0.05, 0.1) is 11.8 Å². The fourth-order valence-electron chi connectivity index (χ4n) is 3.63. The number of rotatable bonds is 2. The molecule has 5 rings (SSSR count). The summed E-state index contributed by atoms with van der Waals surface area (Å²) in [6, 6.07) is 27.7. The lowest BCUT2D eigenvalue weighted by atomic mass is 9.96. The first-order chi connectivity index (χ1) is 12.4. The van der Waals surface area contributed by atoms with Gasteiger partial charge in [-0.05, 0) is 22.8 Å². The Bertz CT molecular complexity index is 932. The van der Waals surface area contributed by atoms with Gasteiger partial charge in [0.25, 0.3) is 0 Å². The van der Waals surface area contributed by atoms with Crippen molar-refractivity contribution in [3.8, 4) is 16.9 Å². The highest BCUT2D eigenvalue weighted by Gasteiger charge is 2.34. The minimum absolute atomic E-state index is 0.286. The van der Waals surface area contributed by atoms with Crippen LogP contribution >= 0.6 is 0 Å². The van der Waals surface area contributed by atoms with Crippen LogP contribution in [0.25, 0.3) is 11.1 Å². The van der Waals surface area contributed by atoms with Crippen molar-refractivity contribution in [1.82, 2.24) is 5.01 Å². The summed E-state index contributed by atoms with van der Waals surface area (Å²) in [4.78, 5) is 0. The maximum absolute atomic E-state index is 5.82. The lowest BCUT2D eigenvalue weighted by molar-refractivity contribution is 0.0750. The van der Waals surface area contributed by atoms with Crippen molar-refractivity contribution in [2.24, 2.45) is 5.10 Å². The first-order valence-corrected chi connectivity index (χ1v) is 8.60. The van der Waals surface area contributed by atoms with Gasteiger partial charge in [0.1, 0.15) is 5.75 Å². The monoisotopic (exact) mass is 326 g/mol. The van der Waals surface area contributed by atoms with Crippen LogP contribution in [0.1, 0.15) is 23.6 Å². The molecule has 2 heterocycles. The minimum atomic E-state index is 0.286. The average molecular weight is 326 g/mol. The molecule has 0 N–H and O–H groups in total. The minimum Gasteiger partial charge on any atom is -0.471 e. The van der Waals surface area contributed by atoms with Gasteiger partial charge in [0.15, 0.2) is 6.73 Å². The topological polar surface area (TPSA) is 24.8 Å². The Hall–Kier alpha value is -3.07. The van der Waals surface area contributed by atoms with Crippen LogP contribution < -0.4 is 4.74 Å². The van der Waals surface area contributed by atoms with Crippen molar-refractivity contribution >= 4 is 5.71 Å². The second-order valence-corrected chi connectivity index (χ2v) is 6.46. The molecular formula is C22H18N2O. The van der Waals surface area contributed by atoms with Crippen LogP contribution in [0, 0.1) is 0 Å². The molecule has 3 heteroatoms. The van der Waals surface area contributed by atoms with Gasteiger partial charge in [-0.25, -0.2) is 0 Å². The van der Waals surface area contributed by atoms with Crippen molar-refractivity contribution in [1.29, 1.82) is 0 Å². The molecule has 0 fully saturated rings. The van der Waals surface area contributed by atoms with E-state index in [-0.39, 0.29) is 6.04 Å². The number of benzene rings is 3. The Balaban J connectivity index is 1.42. The fraction of sp³-hybridized carbons (Fsp3) is 0.136. The van der Waals surface area contributed by atoms with Crippen LogP contribution in [0.3, 0.4) is 0 Å². The maximum Gasteiger partial charge on any atom is 0.177 e. The summed E-state index contributed by atoms with van der Waals surface area (Å²) in [6.07, 6.45) is 0.922. The molecule has 0 spiro atoms. The number of para-hydroxylation sites is 1. The standard InChI is InChI=1S/C22H18N2O/c1-2-6-16(7-3-1)17-10-12-18(13-11-17)20-14-21-19-8-4-5-9-22(19)25-15-24(21)23-20/h1-13,21H,14-15H2/t21-/m1/s1. The van der Waals surface area contributed by atoms with Crippen LogP contribution in [0.15, 0.2) is 84.0 Å². The number of hydrogen-bond acceptors (Lipinski definition) is 3. The molecule has 0 bridgehead atoms. The third-order valence-electron chi connectivity index (χ3n) is 4.95. The van der Waals surface area contributed by atoms with Gasteiger partial charge in [0, 0.05) is 12.0 Å². The molecule has 0 aromatic heterocycles. The molecule has 122 valence electrons. The summed E-state index contributed by atoms with van der Waals surface area (Å²) < 4.78 is 5.82. The third-order valence-corrected chi connectivity index (χ3v) is 4.95. The van der Waals surface area contributed by atoms with Crippen molar-refractivity contribution < 1.29 is 4.74 Å². The van der Waals surface area contributed by atoms with Gasteiger partial charge >= 0.3 is 0 Å². The first kappa shape index (κ1) is 14.3. The number of fused-ring (bicyclic) bond motifs is 3. The van der Waals surface area contributed by atoms with E-state index in [4.69, 9.17) is 9.84 Å². The molecule has 25 heavy (non-hydrogen) atoms. The van der Waals surface area contributed by atoms with E-state index in [1.807, 2.05) is 18.2 Å². The summed E-state index contributed by atoms with van der Waals surface area (Å²) >= 11 is 0. The maximum atomic E-state index is 5.82. The number of ether oxygens (including phenoxy) is 1. The highest BCUT2D eigenvalue weighted by atomic mass is 16.5. The van der Waals surface area contributed by atoms with Gasteiger partial charge in [-0.15, -0.1) is 0 Å². The third kappa shape index (κ3) is 2.49. The number of nitrogens with zero attached hydrogens (tertiary/aromatic N) is 2. The van der Waals surface area contributed by atoms with E-state index in [0.29, 0.717) is 6.73 Å². The van der Waals surface area contributed by atoms with Crippen molar-refractivity contribution in [3.63, 3.8) is 0 Å². The van der Waals surface area contributed by atoms with Crippen LogP contribution in [-0.2, 0) is 0 Å². The molecule has 0 unspecified atom stereocenters. The summed E-state index contributed by atoms with van der Waals surface area (Å²) in [5.41, 5.74) is 6.02. The zero-order valence-corrected chi connectivity index (χ0v) is 13.8. The van der Waals surface area contributed by atoms with E-state index >= 15 is 0 Å². The second-order valence-electron chi connectivity index (χ2n) is 6.46. The Morgan fingerprint density at radius 1 is 0.760 bits per heavy atom. The van der Waals surface area contributed by atoms with E-state index in [1.54, 1.807) is 0 Å². The van der Waals surface area contributed by atoms with Crippen molar-refractivity contribution in [2.75, 3.05) is 6.73 Å². The Morgan fingerprint density at radius 2 is 1.44 bits per heavy atom. The molecule has 2 aliphatic rings. The molecule has 0 saturated heterocycles. The number of hydrogen-bond donors (Lipinski definition) is 0. The molecule has 3 nitrogen and oxygen atoms in total. The van der Waals surface area contributed by atoms with E-state index in [2.05, 4.69) is 65.7 Å². The zero-order valence-electron chi connectivity index (χ0n) is 13.8. The van der Waals surface area contributed by atoms with Gasteiger partial charge in [-0.3, -0.25) is 5.01 Å². The lowest BCUT2D eigenvalue weighted by Gasteiger charge is -2.30. The molecule has 0 amide bonds. The van der Waals surface area contributed by atoms with Gasteiger partial charge < -0.3 is 4.74 Å². The highest BCUT2D eigenvalue weighted by Crippen LogP contribution is 2.40. The normalized spacial score (nSPS) is 18.2. The molecule has 3 aromatic rings. The van der Waals surface area contributed by atoms with E-state index in [0.717, 1.165) is 17.9 Å². The molecule has 0 aliphatic carbocycles. The summed E-state index contributed by atoms with van der Waals surface area (Å²) in [5.74, 6) is 0.986. The lowest BCUT2D eigenvalue weighted by Crippen LogP contribution is -2.29. The Labute approximate surface area is 147 Å². The largest absolute Gasteiger partial charge is 0.471 e. The molecule has 3 aromatic carbocycles. The van der Waals surface area contributed by atoms with Crippen molar-refractivity contribution in [2.45, 2.75) is 12.5 Å². The van der Waals surface area contributed by atoms with Crippen LogP contribution in [0.2, 0.25) is 0 Å². The SMILES string of the molecule is c1ccc(-c2ccc(C3=NN4COc5ccccc5[C@H]4C3)cc2)cc1. The summed E-state index contributed by atoms with van der Waals surface area (Å²) in [5, 5.41) is 6.86. The molecule has 0 radical (unpaired) electrons. The zero-order chi connectivity index (χ0) is 16.6. The average Bonchev–Trinajstić information content (AvgIpc) is 3.14. The predicted octanol–water partition coefficient (Wildman–Crippen LogP) is 4.85. The Kier molecular flexibility index (Phi) is 3.30. The summed E-state index contributed by atoms with van der Waals surface area (Å²) in [6.45, 7) is 0.521. The van der Waals surface area contributed by atoms with Crippen LogP contribution in [-0.4, -0.2) is 17.5 Å². The smallest absolute Gasteiger partial charge is 0.177 e. The molecule has 0 saturated carbocycles. The summed E-state index contributed by atoms with van der Waals surface area (Å²) in [7, 11) is 0. The fourth-order valence-corrected chi connectivity index (χ4v) is 3.63. The van der Waals surface area contributed by atoms with Gasteiger partial charge in [0.2, 0.25) is 0 Å². The van der Waals surface area contributed by atoms with Crippen molar-refractivity contribution in [3.05, 3.63) is 90.0 Å². The van der Waals surface area contributed by atoms with Gasteiger partial charge in [-0.2, -0.15) is 5.10 Å². The number of hydrazone groups is 1. The molecule has 2 aliphatic heterocycles. The quantitative estimate of drug-likeness (QED) is 0.672. The van der Waals surface area contributed by atoms with Gasteiger partial charge in [-0.1, -0.05) is 72.8 Å². The van der Waals surface area contributed by atoms with E-state index < -0.39 is 0 Å². The predicted molar refractivity (Wildman–Crippen MR) is 99.5 cm³/mol. The second kappa shape index (κ2) is 5.78. The van der Waals surface area contributed by atoms with Crippen LogP contribution in [0.5, 0.6) is 5.75 Å². The first-order valence-electron chi connectivity index (χ1n) is 8.60. The van der Waals surface area contributed by atoms with E-state index in [9.17, 15) is 0 Å². The van der Waals surface area contributed by atoms with Crippen LogP contribution in [0.4, 0.5) is 0 Å².